The normalized spacial score (nSPS) is 21.6. The first-order chi connectivity index (χ1) is 16.9. The minimum Gasteiger partial charge on any atom is -0.392 e. The van der Waals surface area contributed by atoms with Crippen LogP contribution in [0.2, 0.25) is 12.1 Å². The van der Waals surface area contributed by atoms with E-state index in [4.69, 9.17) is 37.3 Å². The van der Waals surface area contributed by atoms with Gasteiger partial charge < -0.3 is 37.3 Å². The lowest BCUT2D eigenvalue weighted by Gasteiger charge is -2.34. The van der Waals surface area contributed by atoms with Crippen molar-refractivity contribution in [2.45, 2.75) is 116 Å². The molecular formula is C26H52O8Si. The lowest BCUT2D eigenvalue weighted by atomic mass is 10.3. The summed E-state index contributed by atoms with van der Waals surface area (Å²) in [7, 11) is -2.39. The molecule has 2 aliphatic rings. The monoisotopic (exact) mass is 520 g/mol. The van der Waals surface area contributed by atoms with Gasteiger partial charge >= 0.3 is 8.56 Å². The number of hydrogen-bond donors (Lipinski definition) is 0. The minimum atomic E-state index is -2.39. The summed E-state index contributed by atoms with van der Waals surface area (Å²) in [4.78, 5) is 0. The summed E-state index contributed by atoms with van der Waals surface area (Å²) in [6.45, 7) is 18.2. The molecule has 4 atom stereocenters. The van der Waals surface area contributed by atoms with Crippen molar-refractivity contribution < 1.29 is 37.3 Å². The topological polar surface area (TPSA) is 80.4 Å². The third-order valence-corrected chi connectivity index (χ3v) is 9.98. The Morgan fingerprint density at radius 1 is 0.714 bits per heavy atom. The minimum absolute atomic E-state index is 0.130. The maximum atomic E-state index is 6.52. The molecule has 2 heterocycles. The number of ether oxygens (including phenoxy) is 6. The van der Waals surface area contributed by atoms with Crippen LogP contribution in [0.3, 0.4) is 0 Å². The fourth-order valence-electron chi connectivity index (χ4n) is 3.95. The van der Waals surface area contributed by atoms with Gasteiger partial charge in [-0.05, 0) is 65.5 Å². The molecule has 0 aromatic carbocycles. The molecule has 0 saturated carbocycles. The SMILES string of the molecule is CCC(COCCC[Si](CCCOCC(CC)OCC1CO1)(OC(C)C)OC(C)C)OCC1CO1. The third kappa shape index (κ3) is 15.0. The lowest BCUT2D eigenvalue weighted by Crippen LogP contribution is -2.46. The van der Waals surface area contributed by atoms with Gasteiger partial charge in [-0.3, -0.25) is 0 Å². The Labute approximate surface area is 214 Å². The molecule has 0 amide bonds. The highest BCUT2D eigenvalue weighted by Gasteiger charge is 2.38. The molecule has 0 aromatic heterocycles. The van der Waals surface area contributed by atoms with Crippen LogP contribution in [0.15, 0.2) is 0 Å². The Morgan fingerprint density at radius 2 is 1.11 bits per heavy atom. The standard InChI is InChI=1S/C26H52O8Si/c1-7-23(29-17-25-19-31-25)15-27-11-9-13-35(33-21(3)4,34-22(5)6)14-10-12-28-16-24(8-2)30-18-26-20-32-26/h21-26H,7-20H2,1-6H3. The Morgan fingerprint density at radius 3 is 1.43 bits per heavy atom. The summed E-state index contributed by atoms with van der Waals surface area (Å²) in [6, 6.07) is 1.83. The Bertz CT molecular complexity index is 481. The largest absolute Gasteiger partial charge is 0.392 e. The van der Waals surface area contributed by atoms with E-state index in [1.807, 2.05) is 0 Å². The quantitative estimate of drug-likeness (QED) is 0.105. The third-order valence-electron chi connectivity index (χ3n) is 5.95. The second-order valence-electron chi connectivity index (χ2n) is 10.2. The van der Waals surface area contributed by atoms with Gasteiger partial charge in [0.25, 0.3) is 0 Å². The Kier molecular flexibility index (Phi) is 15.5. The van der Waals surface area contributed by atoms with Gasteiger partial charge in [-0.1, -0.05) is 13.8 Å². The summed E-state index contributed by atoms with van der Waals surface area (Å²) >= 11 is 0. The van der Waals surface area contributed by atoms with E-state index in [0.29, 0.717) is 51.8 Å². The van der Waals surface area contributed by atoms with Crippen LogP contribution in [0, 0.1) is 0 Å². The first-order valence-corrected chi connectivity index (χ1v) is 16.1. The molecule has 0 radical (unpaired) electrons. The number of rotatable bonds is 24. The van der Waals surface area contributed by atoms with Crippen molar-refractivity contribution in [3.63, 3.8) is 0 Å². The van der Waals surface area contributed by atoms with E-state index in [0.717, 1.165) is 51.0 Å². The maximum Gasteiger partial charge on any atom is 0.338 e. The average Bonchev–Trinajstić information content (AvgIpc) is 3.72. The van der Waals surface area contributed by atoms with Crippen molar-refractivity contribution in [3.05, 3.63) is 0 Å². The van der Waals surface area contributed by atoms with E-state index >= 15 is 0 Å². The lowest BCUT2D eigenvalue weighted by molar-refractivity contribution is -0.0238. The first-order valence-electron chi connectivity index (χ1n) is 13.8. The van der Waals surface area contributed by atoms with Gasteiger partial charge in [0, 0.05) is 25.4 Å². The van der Waals surface area contributed by atoms with E-state index in [2.05, 4.69) is 41.5 Å². The molecule has 0 aliphatic carbocycles. The molecule has 208 valence electrons. The molecule has 2 rings (SSSR count). The molecule has 0 bridgehead atoms. The van der Waals surface area contributed by atoms with Crippen molar-refractivity contribution >= 4 is 8.56 Å². The fourth-order valence-corrected chi connectivity index (χ4v) is 7.81. The van der Waals surface area contributed by atoms with Gasteiger partial charge in [0.05, 0.1) is 51.8 Å². The fraction of sp³-hybridized carbons (Fsp3) is 1.00. The van der Waals surface area contributed by atoms with Gasteiger partial charge in [0.15, 0.2) is 0 Å². The molecule has 2 aliphatic heterocycles. The second kappa shape index (κ2) is 17.4. The molecule has 2 saturated heterocycles. The summed E-state index contributed by atoms with van der Waals surface area (Å²) in [6.07, 6.45) is 4.83. The van der Waals surface area contributed by atoms with Gasteiger partial charge in [0.2, 0.25) is 0 Å². The maximum absolute atomic E-state index is 6.52. The van der Waals surface area contributed by atoms with Crippen LogP contribution in [0.4, 0.5) is 0 Å². The predicted molar refractivity (Wildman–Crippen MR) is 138 cm³/mol. The zero-order valence-corrected chi connectivity index (χ0v) is 24.1. The Balaban J connectivity index is 1.71. The van der Waals surface area contributed by atoms with Crippen LogP contribution in [-0.4, -0.2) is 98.0 Å². The Hall–Kier alpha value is -0.103. The number of epoxide rings is 2. The molecule has 2 fully saturated rings. The number of hydrogen-bond acceptors (Lipinski definition) is 8. The second-order valence-corrected chi connectivity index (χ2v) is 13.5. The molecule has 8 nitrogen and oxygen atoms in total. The van der Waals surface area contributed by atoms with Gasteiger partial charge in [0.1, 0.15) is 12.2 Å². The molecule has 9 heteroatoms. The van der Waals surface area contributed by atoms with Crippen molar-refractivity contribution in [2.75, 3.05) is 52.9 Å². The van der Waals surface area contributed by atoms with E-state index in [1.165, 1.54) is 0 Å². The van der Waals surface area contributed by atoms with Crippen LogP contribution in [0.5, 0.6) is 0 Å². The van der Waals surface area contributed by atoms with Crippen molar-refractivity contribution in [1.82, 2.24) is 0 Å². The summed E-state index contributed by atoms with van der Waals surface area (Å²) in [5, 5.41) is 0. The van der Waals surface area contributed by atoms with Gasteiger partial charge in [-0.2, -0.15) is 0 Å². The van der Waals surface area contributed by atoms with Crippen LogP contribution in [0.25, 0.3) is 0 Å². The molecule has 0 spiro atoms. The van der Waals surface area contributed by atoms with Crippen molar-refractivity contribution in [1.29, 1.82) is 0 Å². The van der Waals surface area contributed by atoms with E-state index < -0.39 is 8.56 Å². The molecule has 4 unspecified atom stereocenters. The highest BCUT2D eigenvalue weighted by molar-refractivity contribution is 6.67. The van der Waals surface area contributed by atoms with Gasteiger partial charge in [-0.25, -0.2) is 0 Å². The first kappa shape index (κ1) is 31.1. The molecular weight excluding hydrogens is 468 g/mol. The van der Waals surface area contributed by atoms with Crippen LogP contribution in [0.1, 0.15) is 67.2 Å². The smallest absolute Gasteiger partial charge is 0.338 e. The summed E-state index contributed by atoms with van der Waals surface area (Å²) < 4.78 is 47.2. The highest BCUT2D eigenvalue weighted by Crippen LogP contribution is 2.27. The predicted octanol–water partition coefficient (Wildman–Crippen LogP) is 4.48. The zero-order chi connectivity index (χ0) is 25.5. The van der Waals surface area contributed by atoms with E-state index in [-0.39, 0.29) is 24.4 Å². The highest BCUT2D eigenvalue weighted by atomic mass is 28.4. The van der Waals surface area contributed by atoms with Crippen molar-refractivity contribution in [2.24, 2.45) is 0 Å². The van der Waals surface area contributed by atoms with E-state index in [1.54, 1.807) is 0 Å². The van der Waals surface area contributed by atoms with Crippen LogP contribution >= 0.6 is 0 Å². The summed E-state index contributed by atoms with van der Waals surface area (Å²) in [5.41, 5.74) is 0. The van der Waals surface area contributed by atoms with E-state index in [9.17, 15) is 0 Å². The average molecular weight is 521 g/mol. The van der Waals surface area contributed by atoms with Crippen LogP contribution in [-0.2, 0) is 37.3 Å². The van der Waals surface area contributed by atoms with Crippen LogP contribution < -0.4 is 0 Å². The molecule has 35 heavy (non-hydrogen) atoms. The summed E-state index contributed by atoms with van der Waals surface area (Å²) in [5.74, 6) is 0. The molecule has 0 N–H and O–H groups in total. The van der Waals surface area contributed by atoms with Gasteiger partial charge in [-0.15, -0.1) is 0 Å². The zero-order valence-electron chi connectivity index (χ0n) is 23.1. The molecule has 0 aromatic rings. The van der Waals surface area contributed by atoms with Crippen molar-refractivity contribution in [3.8, 4) is 0 Å².